The molecule has 3 nitrogen and oxygen atoms in total. The van der Waals surface area contributed by atoms with Crippen LogP contribution in [0.4, 0.5) is 4.39 Å². The molecule has 2 aromatic rings. The lowest BCUT2D eigenvalue weighted by Gasteiger charge is -2.18. The molecule has 20 heavy (non-hydrogen) atoms. The number of hydrogen-bond acceptors (Lipinski definition) is 4. The van der Waals surface area contributed by atoms with Gasteiger partial charge < -0.3 is 10.1 Å². The van der Waals surface area contributed by atoms with Crippen LogP contribution in [0.2, 0.25) is 0 Å². The number of ether oxygens (including phenoxy) is 1. The molecule has 2 rings (SSSR count). The largest absolute Gasteiger partial charge is 0.497 e. The number of halogens is 1. The molecule has 0 spiro atoms. The molecule has 0 radical (unpaired) electrons. The lowest BCUT2D eigenvalue weighted by molar-refractivity contribution is 0.409. The van der Waals surface area contributed by atoms with E-state index in [1.165, 1.54) is 13.2 Å². The molecular formula is C15H19FN2OS. The number of hydrogen-bond donors (Lipinski definition) is 1. The number of methoxy groups -OCH3 is 1. The predicted octanol–water partition coefficient (Wildman–Crippen LogP) is 3.75. The van der Waals surface area contributed by atoms with Gasteiger partial charge in [-0.25, -0.2) is 9.37 Å². The minimum absolute atomic E-state index is 0.0525. The fourth-order valence-corrected chi connectivity index (χ4v) is 2.71. The second-order valence-corrected chi connectivity index (χ2v) is 5.71. The van der Waals surface area contributed by atoms with Crippen molar-refractivity contribution in [1.29, 1.82) is 0 Å². The molecule has 1 aromatic carbocycles. The Balaban J connectivity index is 1.96. The Morgan fingerprint density at radius 1 is 1.40 bits per heavy atom. The predicted molar refractivity (Wildman–Crippen MR) is 79.9 cm³/mol. The zero-order valence-electron chi connectivity index (χ0n) is 11.9. The molecule has 1 N–H and O–H groups in total. The van der Waals surface area contributed by atoms with Crippen LogP contribution >= 0.6 is 11.3 Å². The second kappa shape index (κ2) is 6.81. The average molecular weight is 294 g/mol. The fourth-order valence-electron chi connectivity index (χ4n) is 2.01. The van der Waals surface area contributed by atoms with E-state index in [4.69, 9.17) is 4.74 Å². The van der Waals surface area contributed by atoms with Crippen molar-refractivity contribution in [2.24, 2.45) is 0 Å². The van der Waals surface area contributed by atoms with E-state index in [2.05, 4.69) is 17.2 Å². The van der Waals surface area contributed by atoms with Crippen molar-refractivity contribution in [1.82, 2.24) is 10.3 Å². The van der Waals surface area contributed by atoms with Crippen LogP contribution in [0, 0.1) is 5.82 Å². The van der Waals surface area contributed by atoms with Gasteiger partial charge in [0, 0.05) is 41.7 Å². The maximum atomic E-state index is 14.0. The van der Waals surface area contributed by atoms with Crippen LogP contribution in [0.3, 0.4) is 0 Å². The molecule has 2 unspecified atom stereocenters. The lowest BCUT2D eigenvalue weighted by atomic mass is 10.1. The van der Waals surface area contributed by atoms with E-state index in [0.717, 1.165) is 11.6 Å². The molecule has 0 bridgehead atoms. The van der Waals surface area contributed by atoms with E-state index >= 15 is 0 Å². The molecule has 1 aromatic heterocycles. The molecule has 5 heteroatoms. The molecule has 0 aliphatic carbocycles. The van der Waals surface area contributed by atoms with Crippen LogP contribution in [-0.4, -0.2) is 18.6 Å². The molecule has 2 atom stereocenters. The van der Waals surface area contributed by atoms with Crippen molar-refractivity contribution in [3.05, 3.63) is 46.2 Å². The normalized spacial score (nSPS) is 14.0. The summed E-state index contributed by atoms with van der Waals surface area (Å²) >= 11 is 1.64. The summed E-state index contributed by atoms with van der Waals surface area (Å²) in [5.74, 6) is 0.611. The number of benzene rings is 1. The minimum atomic E-state index is -0.244. The number of thiazole rings is 1. The Labute approximate surface area is 122 Å². The molecular weight excluding hydrogens is 275 g/mol. The van der Waals surface area contributed by atoms with Gasteiger partial charge in [-0.3, -0.25) is 0 Å². The molecule has 0 saturated heterocycles. The zero-order valence-corrected chi connectivity index (χ0v) is 12.7. The molecule has 0 saturated carbocycles. The average Bonchev–Trinajstić information content (AvgIpc) is 2.98. The monoisotopic (exact) mass is 294 g/mol. The Morgan fingerprint density at radius 2 is 2.20 bits per heavy atom. The summed E-state index contributed by atoms with van der Waals surface area (Å²) in [5, 5.41) is 6.42. The van der Waals surface area contributed by atoms with E-state index in [0.29, 0.717) is 17.2 Å². The Kier molecular flexibility index (Phi) is 5.09. The molecule has 0 amide bonds. The SMILES string of the molecule is COc1ccc(C(C)NCC(C)c2nccs2)c(F)c1. The fraction of sp³-hybridized carbons (Fsp3) is 0.400. The minimum Gasteiger partial charge on any atom is -0.497 e. The molecule has 108 valence electrons. The van der Waals surface area contributed by atoms with Gasteiger partial charge in [0.05, 0.1) is 12.1 Å². The molecule has 0 fully saturated rings. The van der Waals surface area contributed by atoms with Gasteiger partial charge >= 0.3 is 0 Å². The van der Waals surface area contributed by atoms with Crippen LogP contribution in [0.15, 0.2) is 29.8 Å². The highest BCUT2D eigenvalue weighted by Crippen LogP contribution is 2.23. The number of aromatic nitrogens is 1. The maximum absolute atomic E-state index is 14.0. The molecule has 0 aliphatic heterocycles. The highest BCUT2D eigenvalue weighted by molar-refractivity contribution is 7.09. The van der Waals surface area contributed by atoms with Crippen molar-refractivity contribution in [2.45, 2.75) is 25.8 Å². The first-order chi connectivity index (χ1) is 9.61. The molecule has 0 aliphatic rings. The topological polar surface area (TPSA) is 34.1 Å². The van der Waals surface area contributed by atoms with Crippen LogP contribution in [0.25, 0.3) is 0 Å². The van der Waals surface area contributed by atoms with Gasteiger partial charge in [-0.15, -0.1) is 11.3 Å². The van der Waals surface area contributed by atoms with Gasteiger partial charge in [-0.2, -0.15) is 0 Å². The summed E-state index contributed by atoms with van der Waals surface area (Å²) in [7, 11) is 1.53. The van der Waals surface area contributed by atoms with Gasteiger partial charge in [0.25, 0.3) is 0 Å². The summed E-state index contributed by atoms with van der Waals surface area (Å²) in [6, 6.07) is 4.90. The van der Waals surface area contributed by atoms with Crippen LogP contribution in [0.1, 0.15) is 36.4 Å². The van der Waals surface area contributed by atoms with E-state index in [1.54, 1.807) is 23.5 Å². The number of nitrogens with zero attached hydrogens (tertiary/aromatic N) is 1. The summed E-state index contributed by atoms with van der Waals surface area (Å²) in [4.78, 5) is 4.29. The smallest absolute Gasteiger partial charge is 0.131 e. The van der Waals surface area contributed by atoms with Gasteiger partial charge in [0.2, 0.25) is 0 Å². The van der Waals surface area contributed by atoms with Crippen molar-refractivity contribution in [3.8, 4) is 5.75 Å². The molecule has 1 heterocycles. The van der Waals surface area contributed by atoms with Gasteiger partial charge in [-0.05, 0) is 13.0 Å². The Bertz CT molecular complexity index is 545. The summed E-state index contributed by atoms with van der Waals surface area (Å²) in [5.41, 5.74) is 0.650. The highest BCUT2D eigenvalue weighted by Gasteiger charge is 2.14. The van der Waals surface area contributed by atoms with E-state index in [1.807, 2.05) is 18.5 Å². The second-order valence-electron chi connectivity index (χ2n) is 4.79. The van der Waals surface area contributed by atoms with Crippen molar-refractivity contribution in [2.75, 3.05) is 13.7 Å². The van der Waals surface area contributed by atoms with E-state index in [-0.39, 0.29) is 11.9 Å². The Morgan fingerprint density at radius 3 is 2.80 bits per heavy atom. The van der Waals surface area contributed by atoms with Crippen molar-refractivity contribution < 1.29 is 9.13 Å². The maximum Gasteiger partial charge on any atom is 0.131 e. The summed E-state index contributed by atoms with van der Waals surface area (Å²) < 4.78 is 19.0. The number of rotatable bonds is 6. The van der Waals surface area contributed by atoms with Gasteiger partial charge in [-0.1, -0.05) is 13.0 Å². The first-order valence-corrected chi connectivity index (χ1v) is 7.46. The van der Waals surface area contributed by atoms with Crippen LogP contribution < -0.4 is 10.1 Å². The number of nitrogens with one attached hydrogen (secondary N) is 1. The van der Waals surface area contributed by atoms with Gasteiger partial charge in [0.1, 0.15) is 11.6 Å². The summed E-state index contributed by atoms with van der Waals surface area (Å²) in [6.07, 6.45) is 1.81. The standard InChI is InChI=1S/C15H19FN2OS/c1-10(15-17-6-7-20-15)9-18-11(2)13-5-4-12(19-3)8-14(13)16/h4-8,10-11,18H,9H2,1-3H3. The van der Waals surface area contributed by atoms with Crippen molar-refractivity contribution >= 4 is 11.3 Å². The van der Waals surface area contributed by atoms with Gasteiger partial charge in [0.15, 0.2) is 0 Å². The zero-order chi connectivity index (χ0) is 14.5. The van der Waals surface area contributed by atoms with Crippen molar-refractivity contribution in [3.63, 3.8) is 0 Å². The Hall–Kier alpha value is -1.46. The van der Waals surface area contributed by atoms with Crippen LogP contribution in [-0.2, 0) is 0 Å². The quantitative estimate of drug-likeness (QED) is 0.881. The first-order valence-electron chi connectivity index (χ1n) is 6.58. The first kappa shape index (κ1) is 14.9. The highest BCUT2D eigenvalue weighted by atomic mass is 32.1. The third-order valence-corrected chi connectivity index (χ3v) is 4.28. The van der Waals surface area contributed by atoms with E-state index < -0.39 is 0 Å². The van der Waals surface area contributed by atoms with Crippen LogP contribution in [0.5, 0.6) is 5.75 Å². The van der Waals surface area contributed by atoms with E-state index in [9.17, 15) is 4.39 Å². The lowest BCUT2D eigenvalue weighted by Crippen LogP contribution is -2.24. The third kappa shape index (κ3) is 3.55. The third-order valence-electron chi connectivity index (χ3n) is 3.28. The summed E-state index contributed by atoms with van der Waals surface area (Å²) in [6.45, 7) is 4.84.